The molecule has 0 saturated heterocycles. The summed E-state index contributed by atoms with van der Waals surface area (Å²) in [4.78, 5) is 21.0. The molecule has 0 spiro atoms. The van der Waals surface area contributed by atoms with Gasteiger partial charge in [-0.15, -0.1) is 0 Å². The average molecular weight is 378 g/mol. The molecule has 28 heavy (non-hydrogen) atoms. The molecule has 0 aliphatic heterocycles. The minimum atomic E-state index is 0.625. The summed E-state index contributed by atoms with van der Waals surface area (Å²) in [5.74, 6) is 0.656. The highest BCUT2D eigenvalue weighted by molar-refractivity contribution is 6.07. The summed E-state index contributed by atoms with van der Waals surface area (Å²) < 4.78 is 5.38. The lowest BCUT2D eigenvalue weighted by molar-refractivity contribution is -0.109. The van der Waals surface area contributed by atoms with Crippen molar-refractivity contribution in [3.63, 3.8) is 0 Å². The third kappa shape index (κ3) is 4.85. The van der Waals surface area contributed by atoms with Crippen molar-refractivity contribution in [3.05, 3.63) is 55.0 Å². The Labute approximate surface area is 165 Å². The minimum absolute atomic E-state index is 0.625. The summed E-state index contributed by atoms with van der Waals surface area (Å²) in [6.07, 6.45) is 6.16. The highest BCUT2D eigenvalue weighted by atomic mass is 16.5. The van der Waals surface area contributed by atoms with Crippen LogP contribution >= 0.6 is 0 Å². The van der Waals surface area contributed by atoms with Crippen LogP contribution in [0, 0.1) is 0 Å². The van der Waals surface area contributed by atoms with E-state index in [4.69, 9.17) is 9.53 Å². The van der Waals surface area contributed by atoms with Gasteiger partial charge in [0.1, 0.15) is 0 Å². The number of nitrogens with zero attached hydrogens (tertiary/aromatic N) is 2. The van der Waals surface area contributed by atoms with Gasteiger partial charge < -0.3 is 15.0 Å². The van der Waals surface area contributed by atoms with E-state index in [1.54, 1.807) is 13.2 Å². The smallest absolute Gasteiger partial charge is 0.213 e. The number of nitrogens with one attached hydrogen (secondary N) is 2. The minimum Gasteiger partial charge on any atom is -0.478 e. The van der Waals surface area contributed by atoms with Crippen LogP contribution in [-0.2, 0) is 4.79 Å². The van der Waals surface area contributed by atoms with E-state index >= 15 is 0 Å². The fourth-order valence-electron chi connectivity index (χ4n) is 2.71. The summed E-state index contributed by atoms with van der Waals surface area (Å²) in [5.41, 5.74) is 4.41. The fraction of sp³-hybridized carbons (Fsp3) is 0.227. The van der Waals surface area contributed by atoms with E-state index in [0.717, 1.165) is 27.5 Å². The molecule has 0 atom stereocenters. The number of hydrogen-bond acceptors (Lipinski definition) is 4. The zero-order chi connectivity index (χ0) is 20.4. The van der Waals surface area contributed by atoms with Crippen LogP contribution in [0.5, 0.6) is 5.88 Å². The molecule has 6 nitrogen and oxygen atoms in total. The molecule has 0 aliphatic rings. The lowest BCUT2D eigenvalue weighted by Crippen LogP contribution is -1.98. The van der Waals surface area contributed by atoms with Crippen molar-refractivity contribution >= 4 is 28.2 Å². The summed E-state index contributed by atoms with van der Waals surface area (Å²) >= 11 is 0. The zero-order valence-electron chi connectivity index (χ0n) is 16.7. The van der Waals surface area contributed by atoms with Crippen molar-refractivity contribution in [1.82, 2.24) is 20.3 Å². The molecule has 4 rings (SSSR count). The molecule has 146 valence electrons. The molecule has 0 bridgehead atoms. The molecule has 0 radical (unpaired) electrons. The van der Waals surface area contributed by atoms with Crippen LogP contribution in [0.3, 0.4) is 0 Å². The largest absolute Gasteiger partial charge is 0.478 e. The number of amides is 1. The third-order valence-corrected chi connectivity index (χ3v) is 3.88. The van der Waals surface area contributed by atoms with Gasteiger partial charge in [-0.1, -0.05) is 26.0 Å². The molecule has 0 unspecified atom stereocenters. The summed E-state index contributed by atoms with van der Waals surface area (Å²) in [6, 6.07) is 12.3. The van der Waals surface area contributed by atoms with Crippen molar-refractivity contribution in [3.8, 4) is 17.0 Å². The van der Waals surface area contributed by atoms with Crippen LogP contribution in [0.15, 0.2) is 55.0 Å². The Balaban J connectivity index is 0.000000419. The van der Waals surface area contributed by atoms with Crippen LogP contribution in [0.2, 0.25) is 0 Å². The van der Waals surface area contributed by atoms with Gasteiger partial charge in [0, 0.05) is 59.1 Å². The zero-order valence-corrected chi connectivity index (χ0v) is 16.7. The van der Waals surface area contributed by atoms with Gasteiger partial charge in [0.15, 0.2) is 0 Å². The molecule has 1 aromatic carbocycles. The maximum Gasteiger partial charge on any atom is 0.213 e. The lowest BCUT2D eigenvalue weighted by atomic mass is 10.1. The standard InChI is InChI=1S/C18H15N3O.C2H5NO.C2H6/c1-2-22-18-6-4-13(10-20-18)12-3-5-14-15-11-19-8-7-16(15)21-17(14)9-12;1-3-2-4;1-2/h3-11,21H,2H2,1H3;2H,1H3,(H,3,4);1-2H3. The van der Waals surface area contributed by atoms with E-state index in [9.17, 15) is 0 Å². The van der Waals surface area contributed by atoms with E-state index in [1.807, 2.05) is 51.4 Å². The van der Waals surface area contributed by atoms with Crippen LogP contribution < -0.4 is 10.1 Å². The van der Waals surface area contributed by atoms with E-state index in [-0.39, 0.29) is 0 Å². The van der Waals surface area contributed by atoms with E-state index in [1.165, 1.54) is 5.39 Å². The Hall–Kier alpha value is -3.41. The quantitative estimate of drug-likeness (QED) is 0.510. The molecular formula is C22H26N4O2. The molecule has 2 N–H and O–H groups in total. The maximum atomic E-state index is 9.06. The predicted octanol–water partition coefficient (Wildman–Crippen LogP) is 4.57. The summed E-state index contributed by atoms with van der Waals surface area (Å²) in [5, 5.41) is 4.58. The number of ether oxygens (including phenoxy) is 1. The Morgan fingerprint density at radius 3 is 2.43 bits per heavy atom. The van der Waals surface area contributed by atoms with Gasteiger partial charge in [-0.3, -0.25) is 9.78 Å². The molecule has 0 saturated carbocycles. The number of pyridine rings is 2. The molecule has 1 amide bonds. The number of benzene rings is 1. The van der Waals surface area contributed by atoms with Crippen molar-refractivity contribution < 1.29 is 9.53 Å². The maximum absolute atomic E-state index is 9.06. The Morgan fingerprint density at radius 2 is 1.79 bits per heavy atom. The van der Waals surface area contributed by atoms with Gasteiger partial charge in [-0.25, -0.2) is 4.98 Å². The Bertz CT molecular complexity index is 1010. The van der Waals surface area contributed by atoms with Crippen molar-refractivity contribution in [2.24, 2.45) is 0 Å². The average Bonchev–Trinajstić information content (AvgIpc) is 3.14. The van der Waals surface area contributed by atoms with Crippen LogP contribution in [0.25, 0.3) is 32.9 Å². The van der Waals surface area contributed by atoms with Crippen LogP contribution in [0.4, 0.5) is 0 Å². The number of carbonyl (C=O) groups is 1. The van der Waals surface area contributed by atoms with Gasteiger partial charge in [-0.05, 0) is 30.7 Å². The molecule has 6 heteroatoms. The first-order chi connectivity index (χ1) is 13.8. The number of fused-ring (bicyclic) bond motifs is 3. The number of hydrogen-bond donors (Lipinski definition) is 2. The molecule has 0 aliphatic carbocycles. The van der Waals surface area contributed by atoms with Gasteiger partial charge in [0.05, 0.1) is 6.61 Å². The first kappa shape index (κ1) is 20.9. The fourth-order valence-corrected chi connectivity index (χ4v) is 2.71. The Morgan fingerprint density at radius 1 is 1.04 bits per heavy atom. The molecule has 4 aromatic rings. The first-order valence-corrected chi connectivity index (χ1v) is 9.32. The number of H-pyrrole nitrogens is 1. The summed E-state index contributed by atoms with van der Waals surface area (Å²) in [6.45, 7) is 6.58. The van der Waals surface area contributed by atoms with E-state index in [0.29, 0.717) is 18.9 Å². The van der Waals surface area contributed by atoms with Gasteiger partial charge >= 0.3 is 0 Å². The SMILES string of the molecule is CC.CCOc1ccc(-c2ccc3c(c2)[nH]c2ccncc23)cn1.CNC=O. The number of rotatable bonds is 4. The van der Waals surface area contributed by atoms with Crippen LogP contribution in [0.1, 0.15) is 20.8 Å². The second kappa shape index (κ2) is 10.7. The number of aromatic nitrogens is 3. The molecule has 3 heterocycles. The monoisotopic (exact) mass is 378 g/mol. The highest BCUT2D eigenvalue weighted by Gasteiger charge is 2.06. The predicted molar refractivity (Wildman–Crippen MR) is 114 cm³/mol. The van der Waals surface area contributed by atoms with Crippen LogP contribution in [-0.4, -0.2) is 35.0 Å². The number of carbonyl (C=O) groups excluding carboxylic acids is 1. The molecule has 0 fully saturated rings. The van der Waals surface area contributed by atoms with Crippen molar-refractivity contribution in [2.75, 3.05) is 13.7 Å². The lowest BCUT2D eigenvalue weighted by Gasteiger charge is -2.04. The second-order valence-corrected chi connectivity index (χ2v) is 5.53. The number of aromatic amines is 1. The second-order valence-electron chi connectivity index (χ2n) is 5.53. The van der Waals surface area contributed by atoms with Gasteiger partial charge in [-0.2, -0.15) is 0 Å². The van der Waals surface area contributed by atoms with Gasteiger partial charge in [0.25, 0.3) is 0 Å². The van der Waals surface area contributed by atoms with Gasteiger partial charge in [0.2, 0.25) is 12.3 Å². The Kier molecular flexibility index (Phi) is 7.96. The summed E-state index contributed by atoms with van der Waals surface area (Å²) in [7, 11) is 1.56. The molecular weight excluding hydrogens is 352 g/mol. The highest BCUT2D eigenvalue weighted by Crippen LogP contribution is 2.29. The van der Waals surface area contributed by atoms with E-state index < -0.39 is 0 Å². The first-order valence-electron chi connectivity index (χ1n) is 9.32. The van der Waals surface area contributed by atoms with E-state index in [2.05, 4.69) is 38.5 Å². The van der Waals surface area contributed by atoms with Crippen molar-refractivity contribution in [1.29, 1.82) is 0 Å². The topological polar surface area (TPSA) is 79.9 Å². The van der Waals surface area contributed by atoms with Crippen molar-refractivity contribution in [2.45, 2.75) is 20.8 Å². The molecule has 3 aromatic heterocycles. The third-order valence-electron chi connectivity index (χ3n) is 3.88. The normalized spacial score (nSPS) is 9.71.